The molecule has 0 radical (unpaired) electrons. The topological polar surface area (TPSA) is 30.2 Å². The molecule has 0 bridgehead atoms. The smallest absolute Gasteiger partial charge is 0.352 e. The molecule has 1 aromatic heterocycles. The molecule has 0 aliphatic heterocycles. The van der Waals surface area contributed by atoms with Gasteiger partial charge in [0, 0.05) is 5.39 Å². The van der Waals surface area contributed by atoms with Gasteiger partial charge in [-0.15, -0.1) is 6.42 Å². The maximum absolute atomic E-state index is 11.2. The number of hydrogen-bond donors (Lipinski definition) is 0. The summed E-state index contributed by atoms with van der Waals surface area (Å²) in [6.07, 6.45) is 5.13. The third-order valence-electron chi connectivity index (χ3n) is 2.91. The Labute approximate surface area is 110 Å². The molecule has 19 heavy (non-hydrogen) atoms. The Hall–Kier alpha value is -2.79. The van der Waals surface area contributed by atoms with Crippen LogP contribution in [0.3, 0.4) is 0 Å². The van der Waals surface area contributed by atoms with Crippen molar-refractivity contribution in [1.82, 2.24) is 0 Å². The van der Waals surface area contributed by atoms with E-state index in [1.54, 1.807) is 18.2 Å². The van der Waals surface area contributed by atoms with E-state index in [9.17, 15) is 4.79 Å². The summed E-state index contributed by atoms with van der Waals surface area (Å²) in [5, 5.41) is 0.843. The first-order chi connectivity index (χ1) is 9.28. The van der Waals surface area contributed by atoms with Crippen molar-refractivity contribution in [3.05, 3.63) is 70.6 Å². The first-order valence-corrected chi connectivity index (χ1v) is 5.88. The zero-order chi connectivity index (χ0) is 13.2. The van der Waals surface area contributed by atoms with Crippen molar-refractivity contribution in [2.45, 2.75) is 0 Å². The molecule has 2 nitrogen and oxygen atoms in total. The third-order valence-corrected chi connectivity index (χ3v) is 2.91. The summed E-state index contributed by atoms with van der Waals surface area (Å²) < 4.78 is 4.99. The van der Waals surface area contributed by atoms with Gasteiger partial charge in [-0.1, -0.05) is 42.3 Å². The SMILES string of the molecule is C#Cc1cc2ccccc2oc1=O.c1cc2cc-2c1. The van der Waals surface area contributed by atoms with Crippen molar-refractivity contribution in [3.63, 3.8) is 0 Å². The number of terminal acetylenes is 1. The van der Waals surface area contributed by atoms with Crippen LogP contribution in [0, 0.1) is 12.3 Å². The fourth-order valence-corrected chi connectivity index (χ4v) is 1.84. The van der Waals surface area contributed by atoms with Crippen LogP contribution in [-0.2, 0) is 0 Å². The molecular formula is C17H10O2. The van der Waals surface area contributed by atoms with Crippen LogP contribution in [0.2, 0.25) is 0 Å². The van der Waals surface area contributed by atoms with E-state index in [1.165, 1.54) is 11.1 Å². The number of benzene rings is 2. The molecule has 0 unspecified atom stereocenters. The summed E-state index contributed by atoms with van der Waals surface area (Å²) in [5.74, 6) is 2.28. The van der Waals surface area contributed by atoms with Crippen molar-refractivity contribution in [1.29, 1.82) is 0 Å². The molecule has 4 rings (SSSR count). The second-order valence-electron chi connectivity index (χ2n) is 4.21. The molecule has 0 N–H and O–H groups in total. The van der Waals surface area contributed by atoms with Gasteiger partial charge < -0.3 is 4.42 Å². The predicted octanol–water partition coefficient (Wildman–Crippen LogP) is 3.44. The zero-order valence-corrected chi connectivity index (χ0v) is 10.1. The average molecular weight is 246 g/mol. The lowest BCUT2D eigenvalue weighted by Gasteiger charge is -1.95. The van der Waals surface area contributed by atoms with Gasteiger partial charge in [0.2, 0.25) is 0 Å². The molecular weight excluding hydrogens is 236 g/mol. The number of para-hydroxylation sites is 1. The van der Waals surface area contributed by atoms with Gasteiger partial charge in [0.1, 0.15) is 11.1 Å². The van der Waals surface area contributed by atoms with Crippen LogP contribution in [0.1, 0.15) is 5.56 Å². The minimum absolute atomic E-state index is 0.263. The Morgan fingerprint density at radius 1 is 0.947 bits per heavy atom. The summed E-state index contributed by atoms with van der Waals surface area (Å²) in [7, 11) is 0. The highest BCUT2D eigenvalue weighted by molar-refractivity contribution is 5.80. The van der Waals surface area contributed by atoms with Crippen LogP contribution in [0.25, 0.3) is 22.1 Å². The molecule has 2 aliphatic rings. The zero-order valence-electron chi connectivity index (χ0n) is 10.1. The minimum Gasteiger partial charge on any atom is -0.422 e. The fraction of sp³-hybridized carbons (Fsp3) is 0. The van der Waals surface area contributed by atoms with Gasteiger partial charge in [0.25, 0.3) is 0 Å². The van der Waals surface area contributed by atoms with E-state index in [4.69, 9.17) is 10.8 Å². The molecule has 0 fully saturated rings. The van der Waals surface area contributed by atoms with Gasteiger partial charge in [-0.25, -0.2) is 4.79 Å². The van der Waals surface area contributed by atoms with Crippen molar-refractivity contribution < 1.29 is 4.42 Å². The normalized spacial score (nSPS) is 10.3. The van der Waals surface area contributed by atoms with E-state index < -0.39 is 5.63 Å². The van der Waals surface area contributed by atoms with Gasteiger partial charge in [-0.05, 0) is 29.3 Å². The molecule has 2 aliphatic carbocycles. The quantitative estimate of drug-likeness (QED) is 0.351. The highest BCUT2D eigenvalue weighted by Crippen LogP contribution is 2.32. The maximum atomic E-state index is 11.2. The van der Waals surface area contributed by atoms with E-state index in [1.807, 2.05) is 12.1 Å². The van der Waals surface area contributed by atoms with Crippen LogP contribution in [-0.4, -0.2) is 0 Å². The molecule has 90 valence electrons. The molecule has 2 heteroatoms. The third kappa shape index (κ3) is 2.27. The van der Waals surface area contributed by atoms with E-state index in [0.29, 0.717) is 5.58 Å². The second kappa shape index (κ2) is 4.47. The fourth-order valence-electron chi connectivity index (χ4n) is 1.84. The van der Waals surface area contributed by atoms with E-state index in [2.05, 4.69) is 30.2 Å². The Kier molecular flexibility index (Phi) is 2.66. The largest absolute Gasteiger partial charge is 0.422 e. The van der Waals surface area contributed by atoms with E-state index >= 15 is 0 Å². The van der Waals surface area contributed by atoms with Gasteiger partial charge in [0.15, 0.2) is 0 Å². The molecule has 0 amide bonds. The number of fused-ring (bicyclic) bond motifs is 2. The van der Waals surface area contributed by atoms with Crippen molar-refractivity contribution >= 4 is 11.0 Å². The van der Waals surface area contributed by atoms with Crippen LogP contribution in [0.4, 0.5) is 0 Å². The van der Waals surface area contributed by atoms with Crippen molar-refractivity contribution in [3.8, 4) is 23.5 Å². The Morgan fingerprint density at radius 3 is 2.26 bits per heavy atom. The maximum Gasteiger partial charge on any atom is 0.352 e. The average Bonchev–Trinajstić information content (AvgIpc) is 3.05. The minimum atomic E-state index is -0.457. The molecule has 0 spiro atoms. The van der Waals surface area contributed by atoms with Crippen LogP contribution < -0.4 is 5.63 Å². The summed E-state index contributed by atoms with van der Waals surface area (Å²) in [6, 6.07) is 17.4. The molecule has 0 atom stereocenters. The molecule has 1 heterocycles. The summed E-state index contributed by atoms with van der Waals surface area (Å²) in [5.41, 5.74) is 3.22. The lowest BCUT2D eigenvalue weighted by atomic mass is 10.2. The van der Waals surface area contributed by atoms with E-state index in [0.717, 1.165) is 5.39 Å². The van der Waals surface area contributed by atoms with Gasteiger partial charge in [-0.3, -0.25) is 0 Å². The Bertz CT molecular complexity index is 834. The Morgan fingerprint density at radius 2 is 1.68 bits per heavy atom. The van der Waals surface area contributed by atoms with Gasteiger partial charge >= 0.3 is 5.63 Å². The molecule has 2 aromatic rings. The van der Waals surface area contributed by atoms with E-state index in [-0.39, 0.29) is 5.56 Å². The lowest BCUT2D eigenvalue weighted by molar-refractivity contribution is 0.559. The predicted molar refractivity (Wildman–Crippen MR) is 75.9 cm³/mol. The van der Waals surface area contributed by atoms with Gasteiger partial charge in [-0.2, -0.15) is 0 Å². The van der Waals surface area contributed by atoms with Crippen LogP contribution >= 0.6 is 0 Å². The summed E-state index contributed by atoms with van der Waals surface area (Å²) >= 11 is 0. The summed E-state index contributed by atoms with van der Waals surface area (Å²) in [4.78, 5) is 11.2. The van der Waals surface area contributed by atoms with Crippen molar-refractivity contribution in [2.75, 3.05) is 0 Å². The van der Waals surface area contributed by atoms with Crippen LogP contribution in [0.5, 0.6) is 0 Å². The summed E-state index contributed by atoms with van der Waals surface area (Å²) in [6.45, 7) is 0. The van der Waals surface area contributed by atoms with Crippen molar-refractivity contribution in [2.24, 2.45) is 0 Å². The molecule has 0 saturated carbocycles. The first-order valence-electron chi connectivity index (χ1n) is 5.88. The number of hydrogen-bond acceptors (Lipinski definition) is 2. The highest BCUT2D eigenvalue weighted by atomic mass is 16.4. The second-order valence-corrected chi connectivity index (χ2v) is 4.21. The lowest BCUT2D eigenvalue weighted by Crippen LogP contribution is -2.02. The number of rotatable bonds is 0. The van der Waals surface area contributed by atoms with Crippen LogP contribution in [0.15, 0.2) is 63.8 Å². The first kappa shape index (κ1) is 11.3. The highest BCUT2D eigenvalue weighted by Gasteiger charge is 2.07. The molecule has 0 saturated heterocycles. The monoisotopic (exact) mass is 246 g/mol. The Balaban J connectivity index is 0.000000151. The standard InChI is InChI=1S/C11H6O2.C6H4/c1-2-8-7-9-5-3-4-6-10(9)13-11(8)12;1-2-5-4-6(5)3-1/h1,3-7H;1-4H. The van der Waals surface area contributed by atoms with Gasteiger partial charge in [0.05, 0.1) is 0 Å². The molecule has 1 aromatic carbocycles.